The van der Waals surface area contributed by atoms with Gasteiger partial charge < -0.3 is 4.74 Å². The summed E-state index contributed by atoms with van der Waals surface area (Å²) in [6.45, 7) is 4.29. The number of ether oxygens (including phenoxy) is 1. The SMILES string of the molecule is CC(C)OC([SiH3])C1CCCCC1. The highest BCUT2D eigenvalue weighted by molar-refractivity contribution is 6.11. The standard InChI is InChI=1S/C10H22OSi/c1-8(2)11-10(12)9-6-4-3-5-7-9/h8-10H,3-7H2,1-2,12H3. The summed E-state index contributed by atoms with van der Waals surface area (Å²) in [6, 6.07) is 0. The van der Waals surface area contributed by atoms with Crippen LogP contribution in [0.15, 0.2) is 0 Å². The van der Waals surface area contributed by atoms with Gasteiger partial charge in [0, 0.05) is 16.0 Å². The number of hydrogen-bond donors (Lipinski definition) is 0. The van der Waals surface area contributed by atoms with Crippen LogP contribution in [-0.4, -0.2) is 22.1 Å². The fourth-order valence-electron chi connectivity index (χ4n) is 2.14. The molecule has 0 bridgehead atoms. The van der Waals surface area contributed by atoms with E-state index in [0.717, 1.165) is 5.92 Å². The largest absolute Gasteiger partial charge is 0.380 e. The lowest BCUT2D eigenvalue weighted by atomic mass is 9.90. The molecule has 1 saturated carbocycles. The van der Waals surface area contributed by atoms with Gasteiger partial charge in [0.25, 0.3) is 0 Å². The minimum Gasteiger partial charge on any atom is -0.380 e. The first-order chi connectivity index (χ1) is 5.70. The average molecular weight is 186 g/mol. The normalized spacial score (nSPS) is 23.2. The van der Waals surface area contributed by atoms with Gasteiger partial charge in [-0.25, -0.2) is 0 Å². The highest BCUT2D eigenvalue weighted by Gasteiger charge is 2.20. The first kappa shape index (κ1) is 10.3. The highest BCUT2D eigenvalue weighted by Crippen LogP contribution is 2.27. The fraction of sp³-hybridized carbons (Fsp3) is 1.00. The van der Waals surface area contributed by atoms with Crippen LogP contribution in [0, 0.1) is 5.92 Å². The lowest BCUT2D eigenvalue weighted by Crippen LogP contribution is -2.28. The van der Waals surface area contributed by atoms with Crippen LogP contribution in [0.1, 0.15) is 46.0 Å². The van der Waals surface area contributed by atoms with Gasteiger partial charge in [0.2, 0.25) is 0 Å². The number of hydrogen-bond acceptors (Lipinski definition) is 1. The van der Waals surface area contributed by atoms with Crippen molar-refractivity contribution < 1.29 is 4.74 Å². The van der Waals surface area contributed by atoms with Crippen LogP contribution in [0.2, 0.25) is 0 Å². The molecule has 1 atom stereocenters. The molecule has 0 aromatic carbocycles. The second kappa shape index (κ2) is 5.03. The summed E-state index contributed by atoms with van der Waals surface area (Å²) in [5.74, 6) is 0.896. The summed E-state index contributed by atoms with van der Waals surface area (Å²) in [4.78, 5) is 0. The Labute approximate surface area is 79.3 Å². The third-order valence-corrected chi connectivity index (χ3v) is 4.02. The van der Waals surface area contributed by atoms with Gasteiger partial charge in [0.05, 0.1) is 6.10 Å². The maximum atomic E-state index is 5.85. The first-order valence-corrected chi connectivity index (χ1v) is 6.51. The van der Waals surface area contributed by atoms with Crippen LogP contribution < -0.4 is 0 Å². The predicted octanol–water partition coefficient (Wildman–Crippen LogP) is 1.68. The molecule has 1 fully saturated rings. The van der Waals surface area contributed by atoms with Gasteiger partial charge in [0.15, 0.2) is 0 Å². The smallest absolute Gasteiger partial charge is 0.0518 e. The van der Waals surface area contributed by atoms with Crippen LogP contribution in [0.25, 0.3) is 0 Å². The van der Waals surface area contributed by atoms with Crippen LogP contribution in [0.3, 0.4) is 0 Å². The molecule has 1 aliphatic carbocycles. The van der Waals surface area contributed by atoms with Crippen molar-refractivity contribution in [2.45, 2.75) is 57.8 Å². The van der Waals surface area contributed by atoms with E-state index in [0.29, 0.717) is 11.8 Å². The third-order valence-electron chi connectivity index (χ3n) is 2.80. The Balaban J connectivity index is 2.24. The van der Waals surface area contributed by atoms with E-state index < -0.39 is 0 Å². The minimum atomic E-state index is 0.425. The van der Waals surface area contributed by atoms with Crippen LogP contribution in [-0.2, 0) is 4.74 Å². The predicted molar refractivity (Wildman–Crippen MR) is 56.5 cm³/mol. The molecular weight excluding hydrogens is 164 g/mol. The molecule has 0 spiro atoms. The van der Waals surface area contributed by atoms with Gasteiger partial charge >= 0.3 is 0 Å². The molecule has 0 aliphatic heterocycles. The molecule has 1 rings (SSSR count). The Hall–Kier alpha value is 0.177. The molecule has 2 heteroatoms. The van der Waals surface area contributed by atoms with Crippen molar-refractivity contribution >= 4 is 10.2 Å². The Kier molecular flexibility index (Phi) is 4.30. The summed E-state index contributed by atoms with van der Waals surface area (Å²) < 4.78 is 5.85. The van der Waals surface area contributed by atoms with Gasteiger partial charge in [-0.15, -0.1) is 0 Å². The van der Waals surface area contributed by atoms with Crippen molar-refractivity contribution in [2.75, 3.05) is 0 Å². The van der Waals surface area contributed by atoms with Crippen molar-refractivity contribution in [3.63, 3.8) is 0 Å². The maximum absolute atomic E-state index is 5.85. The van der Waals surface area contributed by atoms with E-state index >= 15 is 0 Å². The maximum Gasteiger partial charge on any atom is 0.0518 e. The Morgan fingerprint density at radius 1 is 1.17 bits per heavy atom. The second-order valence-corrected chi connectivity index (χ2v) is 5.43. The van der Waals surface area contributed by atoms with Gasteiger partial charge in [-0.05, 0) is 32.6 Å². The zero-order valence-electron chi connectivity index (χ0n) is 8.68. The Bertz CT molecular complexity index is 119. The quantitative estimate of drug-likeness (QED) is 0.609. The topological polar surface area (TPSA) is 9.23 Å². The summed E-state index contributed by atoms with van der Waals surface area (Å²) in [6.07, 6.45) is 7.58. The summed E-state index contributed by atoms with van der Waals surface area (Å²) in [5, 5.41) is 0. The van der Waals surface area contributed by atoms with E-state index in [4.69, 9.17) is 4.74 Å². The fourth-order valence-corrected chi connectivity index (χ4v) is 3.35. The molecular formula is C10H22OSi. The average Bonchev–Trinajstić information content (AvgIpc) is 2.05. The Morgan fingerprint density at radius 3 is 2.25 bits per heavy atom. The highest BCUT2D eigenvalue weighted by atomic mass is 28.1. The van der Waals surface area contributed by atoms with E-state index in [-0.39, 0.29) is 0 Å². The summed E-state index contributed by atoms with van der Waals surface area (Å²) in [5.41, 5.74) is 0.616. The van der Waals surface area contributed by atoms with E-state index in [1.54, 1.807) is 0 Å². The van der Waals surface area contributed by atoms with E-state index in [1.807, 2.05) is 0 Å². The van der Waals surface area contributed by atoms with Crippen LogP contribution >= 0.6 is 0 Å². The zero-order chi connectivity index (χ0) is 8.97. The minimum absolute atomic E-state index is 0.425. The molecule has 1 nitrogen and oxygen atoms in total. The van der Waals surface area contributed by atoms with E-state index in [1.165, 1.54) is 42.3 Å². The van der Waals surface area contributed by atoms with Crippen molar-refractivity contribution in [1.82, 2.24) is 0 Å². The molecule has 1 unspecified atom stereocenters. The molecule has 0 radical (unpaired) electrons. The molecule has 0 aromatic heterocycles. The van der Waals surface area contributed by atoms with Gasteiger partial charge in [-0.3, -0.25) is 0 Å². The summed E-state index contributed by atoms with van der Waals surface area (Å²) >= 11 is 0. The first-order valence-electron chi connectivity index (χ1n) is 5.35. The van der Waals surface area contributed by atoms with Gasteiger partial charge in [-0.1, -0.05) is 19.3 Å². The van der Waals surface area contributed by atoms with Gasteiger partial charge in [-0.2, -0.15) is 0 Å². The zero-order valence-corrected chi connectivity index (χ0v) is 10.7. The lowest BCUT2D eigenvalue weighted by Gasteiger charge is -2.29. The molecule has 72 valence electrons. The van der Waals surface area contributed by atoms with Crippen molar-refractivity contribution in [3.05, 3.63) is 0 Å². The lowest BCUT2D eigenvalue weighted by molar-refractivity contribution is 0.0129. The third kappa shape index (κ3) is 3.28. The molecule has 0 heterocycles. The van der Waals surface area contributed by atoms with Crippen LogP contribution in [0.4, 0.5) is 0 Å². The van der Waals surface area contributed by atoms with Crippen molar-refractivity contribution in [2.24, 2.45) is 5.92 Å². The molecule has 0 saturated heterocycles. The van der Waals surface area contributed by atoms with E-state index in [2.05, 4.69) is 13.8 Å². The molecule has 0 N–H and O–H groups in total. The molecule has 0 amide bonds. The van der Waals surface area contributed by atoms with Crippen molar-refractivity contribution in [1.29, 1.82) is 0 Å². The second-order valence-electron chi connectivity index (χ2n) is 4.29. The van der Waals surface area contributed by atoms with Gasteiger partial charge in [0.1, 0.15) is 0 Å². The monoisotopic (exact) mass is 186 g/mol. The van der Waals surface area contributed by atoms with E-state index in [9.17, 15) is 0 Å². The van der Waals surface area contributed by atoms with Crippen molar-refractivity contribution in [3.8, 4) is 0 Å². The molecule has 0 aromatic rings. The van der Waals surface area contributed by atoms with Crippen LogP contribution in [0.5, 0.6) is 0 Å². The Morgan fingerprint density at radius 2 is 1.75 bits per heavy atom. The molecule has 1 aliphatic rings. The molecule has 12 heavy (non-hydrogen) atoms. The summed E-state index contributed by atoms with van der Waals surface area (Å²) in [7, 11) is 1.21. The number of rotatable bonds is 3.